The molecule has 108 valence electrons. The molecule has 0 saturated carbocycles. The van der Waals surface area contributed by atoms with Crippen LogP contribution in [0.1, 0.15) is 25.1 Å². The van der Waals surface area contributed by atoms with Gasteiger partial charge in [0.05, 0.1) is 10.7 Å². The smallest absolute Gasteiger partial charge is 0.399 e. The van der Waals surface area contributed by atoms with Crippen LogP contribution in [0.3, 0.4) is 0 Å². The SMILES string of the molecule is Cc1ccc(Cl)c(Oc2nc(CNCC(C)C)co2)c1. The van der Waals surface area contributed by atoms with Crippen molar-refractivity contribution in [2.24, 2.45) is 5.92 Å². The zero-order valence-corrected chi connectivity index (χ0v) is 12.7. The summed E-state index contributed by atoms with van der Waals surface area (Å²) in [5, 5.41) is 3.83. The molecular weight excluding hydrogens is 276 g/mol. The van der Waals surface area contributed by atoms with E-state index in [4.69, 9.17) is 20.8 Å². The average molecular weight is 295 g/mol. The topological polar surface area (TPSA) is 47.3 Å². The van der Waals surface area contributed by atoms with Gasteiger partial charge in [0.2, 0.25) is 0 Å². The van der Waals surface area contributed by atoms with E-state index in [0.717, 1.165) is 17.8 Å². The summed E-state index contributed by atoms with van der Waals surface area (Å²) in [5.41, 5.74) is 1.87. The molecule has 1 heterocycles. The van der Waals surface area contributed by atoms with Crippen LogP contribution in [0.25, 0.3) is 0 Å². The maximum Gasteiger partial charge on any atom is 0.399 e. The zero-order chi connectivity index (χ0) is 14.5. The van der Waals surface area contributed by atoms with Crippen LogP contribution >= 0.6 is 11.6 Å². The van der Waals surface area contributed by atoms with Gasteiger partial charge in [-0.3, -0.25) is 0 Å². The Bertz CT molecular complexity index is 567. The maximum atomic E-state index is 6.06. The highest BCUT2D eigenvalue weighted by Crippen LogP contribution is 2.29. The Morgan fingerprint density at radius 3 is 2.95 bits per heavy atom. The number of nitrogens with zero attached hydrogens (tertiary/aromatic N) is 1. The van der Waals surface area contributed by atoms with E-state index in [2.05, 4.69) is 24.1 Å². The van der Waals surface area contributed by atoms with E-state index < -0.39 is 0 Å². The summed E-state index contributed by atoms with van der Waals surface area (Å²) < 4.78 is 10.8. The number of rotatable bonds is 6. The molecule has 0 aliphatic carbocycles. The van der Waals surface area contributed by atoms with Crippen LogP contribution in [0.2, 0.25) is 5.02 Å². The van der Waals surface area contributed by atoms with Crippen molar-refractivity contribution in [3.63, 3.8) is 0 Å². The average Bonchev–Trinajstić information content (AvgIpc) is 2.81. The highest BCUT2D eigenvalue weighted by Gasteiger charge is 2.09. The Kier molecular flexibility index (Phi) is 5.04. The molecule has 4 nitrogen and oxygen atoms in total. The molecule has 0 fully saturated rings. The van der Waals surface area contributed by atoms with Crippen molar-refractivity contribution in [3.8, 4) is 11.8 Å². The molecule has 0 unspecified atom stereocenters. The van der Waals surface area contributed by atoms with Crippen molar-refractivity contribution in [2.75, 3.05) is 6.54 Å². The fraction of sp³-hybridized carbons (Fsp3) is 0.400. The lowest BCUT2D eigenvalue weighted by Crippen LogP contribution is -2.19. The van der Waals surface area contributed by atoms with Crippen LogP contribution in [-0.2, 0) is 6.54 Å². The van der Waals surface area contributed by atoms with Crippen molar-refractivity contribution in [1.82, 2.24) is 10.3 Å². The van der Waals surface area contributed by atoms with E-state index in [1.165, 1.54) is 0 Å². The van der Waals surface area contributed by atoms with Gasteiger partial charge in [-0.05, 0) is 37.1 Å². The standard InChI is InChI=1S/C15H19ClN2O2/c1-10(2)7-17-8-12-9-19-15(18-12)20-14-6-11(3)4-5-13(14)16/h4-6,9-10,17H,7-8H2,1-3H3. The lowest BCUT2D eigenvalue weighted by molar-refractivity contribution is 0.330. The normalized spacial score (nSPS) is 11.1. The lowest BCUT2D eigenvalue weighted by atomic mass is 10.2. The molecule has 1 N–H and O–H groups in total. The van der Waals surface area contributed by atoms with E-state index in [-0.39, 0.29) is 6.08 Å². The largest absolute Gasteiger partial charge is 0.417 e. The van der Waals surface area contributed by atoms with Gasteiger partial charge in [-0.2, -0.15) is 4.98 Å². The summed E-state index contributed by atoms with van der Waals surface area (Å²) >= 11 is 6.06. The quantitative estimate of drug-likeness (QED) is 0.868. The predicted octanol–water partition coefficient (Wildman–Crippen LogP) is 4.17. The van der Waals surface area contributed by atoms with Crippen LogP contribution in [0.15, 0.2) is 28.9 Å². The molecule has 2 aromatic rings. The minimum Gasteiger partial charge on any atom is -0.417 e. The molecule has 0 saturated heterocycles. The van der Waals surface area contributed by atoms with Gasteiger partial charge in [0.25, 0.3) is 0 Å². The molecule has 1 aromatic carbocycles. The third kappa shape index (κ3) is 4.25. The number of aryl methyl sites for hydroxylation is 1. The number of hydrogen-bond donors (Lipinski definition) is 1. The minimum atomic E-state index is 0.207. The monoisotopic (exact) mass is 294 g/mol. The number of aromatic nitrogens is 1. The molecule has 0 aliphatic heterocycles. The molecule has 20 heavy (non-hydrogen) atoms. The van der Waals surface area contributed by atoms with E-state index >= 15 is 0 Å². The van der Waals surface area contributed by atoms with Crippen LogP contribution in [0.5, 0.6) is 11.8 Å². The summed E-state index contributed by atoms with van der Waals surface area (Å²) in [7, 11) is 0. The van der Waals surface area contributed by atoms with Crippen LogP contribution in [0, 0.1) is 12.8 Å². The molecule has 5 heteroatoms. The zero-order valence-electron chi connectivity index (χ0n) is 11.9. The van der Waals surface area contributed by atoms with Gasteiger partial charge >= 0.3 is 6.08 Å². The van der Waals surface area contributed by atoms with Crippen molar-refractivity contribution in [2.45, 2.75) is 27.3 Å². The van der Waals surface area contributed by atoms with Gasteiger partial charge in [0.1, 0.15) is 6.26 Å². The summed E-state index contributed by atoms with van der Waals surface area (Å²) in [4.78, 5) is 4.26. The fourth-order valence-electron chi connectivity index (χ4n) is 1.69. The minimum absolute atomic E-state index is 0.207. The molecule has 0 amide bonds. The Balaban J connectivity index is 1.97. The molecule has 1 aromatic heterocycles. The maximum absolute atomic E-state index is 6.06. The Hall–Kier alpha value is -1.52. The molecule has 0 bridgehead atoms. The first-order valence-electron chi connectivity index (χ1n) is 6.63. The van der Waals surface area contributed by atoms with Crippen LogP contribution in [-0.4, -0.2) is 11.5 Å². The Morgan fingerprint density at radius 1 is 1.40 bits per heavy atom. The van der Waals surface area contributed by atoms with E-state index in [9.17, 15) is 0 Å². The third-order valence-corrected chi connectivity index (χ3v) is 2.99. The van der Waals surface area contributed by atoms with Gasteiger partial charge in [0.15, 0.2) is 5.75 Å². The first-order valence-corrected chi connectivity index (χ1v) is 7.01. The number of benzene rings is 1. The van der Waals surface area contributed by atoms with Crippen LogP contribution < -0.4 is 10.1 Å². The summed E-state index contributed by atoms with van der Waals surface area (Å²) in [6, 6.07) is 5.56. The molecular formula is C15H19ClN2O2. The summed E-state index contributed by atoms with van der Waals surface area (Å²) in [5.74, 6) is 1.15. The second-order valence-electron chi connectivity index (χ2n) is 5.17. The van der Waals surface area contributed by atoms with E-state index in [1.807, 2.05) is 19.1 Å². The van der Waals surface area contributed by atoms with Gasteiger partial charge in [-0.15, -0.1) is 0 Å². The fourth-order valence-corrected chi connectivity index (χ4v) is 1.84. The van der Waals surface area contributed by atoms with Crippen molar-refractivity contribution >= 4 is 11.6 Å². The number of oxazole rings is 1. The van der Waals surface area contributed by atoms with Gasteiger partial charge in [-0.25, -0.2) is 0 Å². The summed E-state index contributed by atoms with van der Waals surface area (Å²) in [6.45, 7) is 7.88. The Morgan fingerprint density at radius 2 is 2.20 bits per heavy atom. The van der Waals surface area contributed by atoms with Crippen molar-refractivity contribution in [1.29, 1.82) is 0 Å². The predicted molar refractivity (Wildman–Crippen MR) is 79.3 cm³/mol. The van der Waals surface area contributed by atoms with Gasteiger partial charge in [-0.1, -0.05) is 31.5 Å². The number of ether oxygens (including phenoxy) is 1. The van der Waals surface area contributed by atoms with E-state index in [0.29, 0.717) is 23.2 Å². The van der Waals surface area contributed by atoms with Crippen molar-refractivity contribution < 1.29 is 9.15 Å². The number of nitrogens with one attached hydrogen (secondary N) is 1. The highest BCUT2D eigenvalue weighted by atomic mass is 35.5. The lowest BCUT2D eigenvalue weighted by Gasteiger charge is -2.05. The third-order valence-electron chi connectivity index (χ3n) is 2.67. The number of hydrogen-bond acceptors (Lipinski definition) is 4. The molecule has 2 rings (SSSR count). The first-order chi connectivity index (χ1) is 9.54. The summed E-state index contributed by atoms with van der Waals surface area (Å²) in [6.07, 6.45) is 1.80. The van der Waals surface area contributed by atoms with Crippen molar-refractivity contribution in [3.05, 3.63) is 40.7 Å². The molecule has 0 spiro atoms. The molecule has 0 radical (unpaired) electrons. The van der Waals surface area contributed by atoms with Crippen LogP contribution in [0.4, 0.5) is 0 Å². The molecule has 0 atom stereocenters. The van der Waals surface area contributed by atoms with Gasteiger partial charge in [0, 0.05) is 6.54 Å². The van der Waals surface area contributed by atoms with E-state index in [1.54, 1.807) is 12.3 Å². The second kappa shape index (κ2) is 6.77. The first kappa shape index (κ1) is 14.9. The Labute approximate surface area is 124 Å². The van der Waals surface area contributed by atoms with Gasteiger partial charge < -0.3 is 14.5 Å². The second-order valence-corrected chi connectivity index (χ2v) is 5.57. The number of halogens is 1. The highest BCUT2D eigenvalue weighted by molar-refractivity contribution is 6.32. The molecule has 0 aliphatic rings.